The van der Waals surface area contributed by atoms with Crippen molar-refractivity contribution < 1.29 is 9.18 Å². The van der Waals surface area contributed by atoms with Crippen molar-refractivity contribution in [3.05, 3.63) is 35.6 Å². The van der Waals surface area contributed by atoms with Crippen LogP contribution in [0.2, 0.25) is 0 Å². The van der Waals surface area contributed by atoms with Crippen LogP contribution in [0.1, 0.15) is 31.2 Å². The van der Waals surface area contributed by atoms with E-state index in [4.69, 9.17) is 0 Å². The lowest BCUT2D eigenvalue weighted by Gasteiger charge is -2.07. The highest BCUT2D eigenvalue weighted by Crippen LogP contribution is 2.28. The van der Waals surface area contributed by atoms with E-state index in [-0.39, 0.29) is 11.7 Å². The zero-order valence-corrected chi connectivity index (χ0v) is 12.1. The molecular weight excluding hydrogens is 273 g/mol. The first-order valence-electron chi connectivity index (χ1n) is 6.87. The van der Waals surface area contributed by atoms with Crippen molar-refractivity contribution in [1.29, 1.82) is 0 Å². The van der Waals surface area contributed by atoms with Crippen LogP contribution in [0, 0.1) is 17.7 Å². The molecule has 0 unspecified atom stereocenters. The summed E-state index contributed by atoms with van der Waals surface area (Å²) >= 11 is 1.75. The molecule has 2 rings (SSSR count). The Morgan fingerprint density at radius 1 is 1.30 bits per heavy atom. The Bertz CT molecular complexity index is 497. The van der Waals surface area contributed by atoms with Gasteiger partial charge in [-0.2, -0.15) is 0 Å². The number of carbonyl (C=O) groups is 1. The average Bonchev–Trinajstić information content (AvgIpc) is 2.96. The van der Waals surface area contributed by atoms with Crippen LogP contribution in [0.25, 0.3) is 0 Å². The number of amides is 1. The molecule has 20 heavy (non-hydrogen) atoms. The fourth-order valence-electron chi connectivity index (χ4n) is 2.12. The van der Waals surface area contributed by atoms with Crippen molar-refractivity contribution in [2.45, 2.75) is 30.9 Å². The lowest BCUT2D eigenvalue weighted by atomic mass is 10.2. The van der Waals surface area contributed by atoms with Crippen molar-refractivity contribution in [2.24, 2.45) is 0 Å². The molecule has 0 saturated heterocycles. The topological polar surface area (TPSA) is 29.1 Å². The van der Waals surface area contributed by atoms with E-state index in [9.17, 15) is 9.18 Å². The molecule has 1 N–H and O–H groups in total. The van der Waals surface area contributed by atoms with Crippen molar-refractivity contribution >= 4 is 17.7 Å². The third-order valence-electron chi connectivity index (χ3n) is 3.20. The van der Waals surface area contributed by atoms with Gasteiger partial charge in [0.1, 0.15) is 5.82 Å². The molecule has 0 aliphatic heterocycles. The molecule has 1 aromatic rings. The largest absolute Gasteiger partial charge is 0.344 e. The maximum Gasteiger partial charge on any atom is 0.230 e. The second-order valence-corrected chi connectivity index (χ2v) is 6.09. The summed E-state index contributed by atoms with van der Waals surface area (Å²) in [5, 5.41) is 3.44. The first-order valence-corrected chi connectivity index (χ1v) is 7.91. The van der Waals surface area contributed by atoms with E-state index in [2.05, 4.69) is 17.2 Å². The Morgan fingerprint density at radius 2 is 2.00 bits per heavy atom. The van der Waals surface area contributed by atoms with Gasteiger partial charge in [-0.3, -0.25) is 4.79 Å². The molecule has 0 spiro atoms. The summed E-state index contributed by atoms with van der Waals surface area (Å²) in [6.07, 6.45) is 5.06. The normalized spacial score (nSPS) is 14.7. The van der Waals surface area contributed by atoms with Gasteiger partial charge < -0.3 is 5.32 Å². The second kappa shape index (κ2) is 7.96. The van der Waals surface area contributed by atoms with Crippen LogP contribution < -0.4 is 5.32 Å². The van der Waals surface area contributed by atoms with Crippen LogP contribution in [0.5, 0.6) is 0 Å². The Morgan fingerprint density at radius 3 is 2.70 bits per heavy atom. The molecule has 0 aromatic heterocycles. The summed E-state index contributed by atoms with van der Waals surface area (Å²) in [7, 11) is 0. The molecule has 4 heteroatoms. The molecule has 1 aliphatic rings. The first kappa shape index (κ1) is 14.9. The molecule has 1 saturated carbocycles. The van der Waals surface area contributed by atoms with E-state index < -0.39 is 0 Å². The quantitative estimate of drug-likeness (QED) is 0.864. The van der Waals surface area contributed by atoms with Crippen LogP contribution in [0.15, 0.2) is 24.3 Å². The molecule has 1 aromatic carbocycles. The summed E-state index contributed by atoms with van der Waals surface area (Å²) < 4.78 is 12.7. The number of rotatable bonds is 4. The van der Waals surface area contributed by atoms with E-state index in [0.29, 0.717) is 17.5 Å². The van der Waals surface area contributed by atoms with Crippen LogP contribution in [0.3, 0.4) is 0 Å². The number of nitrogens with one attached hydrogen (secondary N) is 1. The van der Waals surface area contributed by atoms with Gasteiger partial charge in [0.15, 0.2) is 0 Å². The average molecular weight is 291 g/mol. The van der Waals surface area contributed by atoms with Crippen molar-refractivity contribution in [3.8, 4) is 11.8 Å². The summed E-state index contributed by atoms with van der Waals surface area (Å²) in [4.78, 5) is 11.6. The zero-order valence-electron chi connectivity index (χ0n) is 11.3. The SMILES string of the molecule is O=C(CSC1CCCC1)NCC#Cc1ccc(F)cc1. The van der Waals surface area contributed by atoms with Gasteiger partial charge in [-0.25, -0.2) is 4.39 Å². The molecule has 1 fully saturated rings. The lowest BCUT2D eigenvalue weighted by molar-refractivity contribution is -0.118. The number of benzene rings is 1. The summed E-state index contributed by atoms with van der Waals surface area (Å²) in [6, 6.07) is 6.00. The van der Waals surface area contributed by atoms with Gasteiger partial charge in [-0.15, -0.1) is 11.8 Å². The van der Waals surface area contributed by atoms with E-state index in [0.717, 1.165) is 5.56 Å². The Labute approximate surface area is 123 Å². The standard InChI is InChI=1S/C16H18FNOS/c17-14-9-7-13(8-10-14)4-3-11-18-16(19)12-20-15-5-1-2-6-15/h7-10,15H,1-2,5-6,11-12H2,(H,18,19). The van der Waals surface area contributed by atoms with Crippen LogP contribution >= 0.6 is 11.8 Å². The monoisotopic (exact) mass is 291 g/mol. The maximum atomic E-state index is 12.7. The molecule has 0 heterocycles. The van der Waals surface area contributed by atoms with E-state index in [1.54, 1.807) is 23.9 Å². The molecule has 2 nitrogen and oxygen atoms in total. The fraction of sp³-hybridized carbons (Fsp3) is 0.438. The number of halogens is 1. The smallest absolute Gasteiger partial charge is 0.230 e. The fourth-order valence-corrected chi connectivity index (χ4v) is 3.28. The van der Waals surface area contributed by atoms with Gasteiger partial charge >= 0.3 is 0 Å². The molecule has 0 atom stereocenters. The third kappa shape index (κ3) is 5.26. The molecule has 0 radical (unpaired) electrons. The van der Waals surface area contributed by atoms with Gasteiger partial charge in [0.2, 0.25) is 5.91 Å². The molecule has 1 amide bonds. The van der Waals surface area contributed by atoms with Crippen LogP contribution in [-0.2, 0) is 4.79 Å². The Kier molecular flexibility index (Phi) is 5.94. The second-order valence-electron chi connectivity index (χ2n) is 4.80. The number of carbonyl (C=O) groups excluding carboxylic acids is 1. The van der Waals surface area contributed by atoms with Gasteiger partial charge in [0, 0.05) is 10.8 Å². The van der Waals surface area contributed by atoms with E-state index in [1.807, 2.05) is 0 Å². The predicted octanol–water partition coefficient (Wildman–Crippen LogP) is 2.97. The van der Waals surface area contributed by atoms with Crippen molar-refractivity contribution in [1.82, 2.24) is 5.32 Å². The summed E-state index contributed by atoms with van der Waals surface area (Å²) in [6.45, 7) is 0.335. The highest BCUT2D eigenvalue weighted by Gasteiger charge is 2.16. The summed E-state index contributed by atoms with van der Waals surface area (Å²) in [5.41, 5.74) is 0.751. The number of thioether (sulfide) groups is 1. The predicted molar refractivity (Wildman–Crippen MR) is 81.0 cm³/mol. The van der Waals surface area contributed by atoms with E-state index in [1.165, 1.54) is 37.8 Å². The Hall–Kier alpha value is -1.47. The van der Waals surface area contributed by atoms with Crippen LogP contribution in [-0.4, -0.2) is 23.5 Å². The number of hydrogen-bond donors (Lipinski definition) is 1. The van der Waals surface area contributed by atoms with Gasteiger partial charge in [0.05, 0.1) is 12.3 Å². The zero-order chi connectivity index (χ0) is 14.2. The van der Waals surface area contributed by atoms with E-state index >= 15 is 0 Å². The Balaban J connectivity index is 1.65. The number of hydrogen-bond acceptors (Lipinski definition) is 2. The highest BCUT2D eigenvalue weighted by atomic mass is 32.2. The third-order valence-corrected chi connectivity index (χ3v) is 4.57. The van der Waals surface area contributed by atoms with Gasteiger partial charge in [0.25, 0.3) is 0 Å². The van der Waals surface area contributed by atoms with Crippen molar-refractivity contribution in [3.63, 3.8) is 0 Å². The van der Waals surface area contributed by atoms with Crippen LogP contribution in [0.4, 0.5) is 4.39 Å². The van der Waals surface area contributed by atoms with Gasteiger partial charge in [-0.1, -0.05) is 24.7 Å². The molecular formula is C16H18FNOS. The minimum absolute atomic E-state index is 0.0373. The molecule has 106 valence electrons. The maximum absolute atomic E-state index is 12.7. The van der Waals surface area contributed by atoms with Gasteiger partial charge in [-0.05, 0) is 37.1 Å². The molecule has 0 bridgehead atoms. The summed E-state index contributed by atoms with van der Waals surface area (Å²) in [5.74, 6) is 6.04. The minimum atomic E-state index is -0.271. The minimum Gasteiger partial charge on any atom is -0.344 e. The first-order chi connectivity index (χ1) is 9.74. The highest BCUT2D eigenvalue weighted by molar-refractivity contribution is 8.00. The molecule has 1 aliphatic carbocycles. The van der Waals surface area contributed by atoms with Crippen molar-refractivity contribution in [2.75, 3.05) is 12.3 Å². The lowest BCUT2D eigenvalue weighted by Crippen LogP contribution is -2.26.